The highest BCUT2D eigenvalue weighted by Gasteiger charge is 2.53. The van der Waals surface area contributed by atoms with Gasteiger partial charge in [-0.05, 0) is 43.3 Å². The monoisotopic (exact) mass is 478 g/mol. The van der Waals surface area contributed by atoms with Crippen molar-refractivity contribution in [3.8, 4) is 11.5 Å². The maximum Gasteiger partial charge on any atom is 0.408 e. The number of alkyl carbamates (subject to hydrolysis) is 1. The van der Waals surface area contributed by atoms with E-state index in [1.807, 2.05) is 42.5 Å². The summed E-state index contributed by atoms with van der Waals surface area (Å²) in [5.74, 6) is 0.366. The number of benzene rings is 2. The fourth-order valence-corrected chi connectivity index (χ4v) is 5.52. The lowest BCUT2D eigenvalue weighted by Crippen LogP contribution is -2.46. The van der Waals surface area contributed by atoms with Crippen molar-refractivity contribution in [2.45, 2.75) is 49.5 Å². The van der Waals surface area contributed by atoms with E-state index in [-0.39, 0.29) is 17.9 Å². The zero-order chi connectivity index (χ0) is 24.6. The molecule has 2 aromatic carbocycles. The third-order valence-corrected chi connectivity index (χ3v) is 7.26. The topological polar surface area (TPSA) is 97.3 Å². The van der Waals surface area contributed by atoms with Crippen LogP contribution in [-0.4, -0.2) is 61.0 Å². The fourth-order valence-electron chi connectivity index (χ4n) is 5.52. The predicted octanol–water partition coefficient (Wildman–Crippen LogP) is 3.28. The minimum Gasteiger partial charge on any atom is -0.493 e. The van der Waals surface area contributed by atoms with Crippen LogP contribution in [0.15, 0.2) is 54.6 Å². The van der Waals surface area contributed by atoms with Crippen molar-refractivity contribution in [2.75, 3.05) is 20.7 Å². The molecule has 35 heavy (non-hydrogen) atoms. The van der Waals surface area contributed by atoms with Gasteiger partial charge < -0.3 is 29.5 Å². The van der Waals surface area contributed by atoms with Crippen LogP contribution in [0.5, 0.6) is 11.5 Å². The van der Waals surface area contributed by atoms with E-state index in [1.165, 1.54) is 11.1 Å². The lowest BCUT2D eigenvalue weighted by molar-refractivity contribution is -0.139. The van der Waals surface area contributed by atoms with E-state index in [0.717, 1.165) is 30.8 Å². The van der Waals surface area contributed by atoms with E-state index in [1.54, 1.807) is 7.11 Å². The Hall–Kier alpha value is -3.52. The molecule has 3 aliphatic rings. The Morgan fingerprint density at radius 3 is 2.80 bits per heavy atom. The summed E-state index contributed by atoms with van der Waals surface area (Å²) in [6.07, 6.45) is 4.07. The highest BCUT2D eigenvalue weighted by Crippen LogP contribution is 2.55. The molecule has 0 saturated heterocycles. The predicted molar refractivity (Wildman–Crippen MR) is 129 cm³/mol. The van der Waals surface area contributed by atoms with Gasteiger partial charge in [0.2, 0.25) is 0 Å². The number of carboxylic acids is 1. The molecule has 2 aliphatic heterocycles. The number of hydrogen-bond donors (Lipinski definition) is 2. The van der Waals surface area contributed by atoms with Gasteiger partial charge in [0.15, 0.2) is 11.5 Å². The van der Waals surface area contributed by atoms with Crippen molar-refractivity contribution in [3.63, 3.8) is 0 Å². The largest absolute Gasteiger partial charge is 0.493 e. The number of methoxy groups -OCH3 is 1. The molecule has 2 N–H and O–H groups in total. The second kappa shape index (κ2) is 9.26. The Labute approximate surface area is 204 Å². The molecule has 4 atom stereocenters. The number of nitrogens with zero attached hydrogens (tertiary/aromatic N) is 1. The minimum absolute atomic E-state index is 0.173. The average molecular weight is 479 g/mol. The molecular weight excluding hydrogens is 448 g/mol. The van der Waals surface area contributed by atoms with Gasteiger partial charge in [-0.25, -0.2) is 9.59 Å². The van der Waals surface area contributed by atoms with Crippen molar-refractivity contribution >= 4 is 12.1 Å². The first-order chi connectivity index (χ1) is 16.9. The number of carbonyl (C=O) groups excluding carboxylic acids is 1. The molecule has 1 spiro atoms. The molecule has 0 aromatic heterocycles. The molecule has 2 heterocycles. The van der Waals surface area contributed by atoms with E-state index in [9.17, 15) is 14.7 Å². The van der Waals surface area contributed by atoms with Gasteiger partial charge in [-0.1, -0.05) is 42.5 Å². The zero-order valence-corrected chi connectivity index (χ0v) is 19.9. The van der Waals surface area contributed by atoms with Crippen molar-refractivity contribution in [3.05, 3.63) is 71.3 Å². The second-order valence-corrected chi connectivity index (χ2v) is 9.53. The standard InChI is InChI=1S/C27H30N2O6/c1-29-13-12-27-11-10-19(15-22(27)35-24-21(33-2)9-8-18(16-29)23(24)27)34-26(32)28-20(25(30)31)14-17-6-4-3-5-7-17/h3-11,19-20,22H,12-16H2,1-2H3,(H,28,32)(H,30,31)/t19-,20-,22-,27-/m0/s1. The van der Waals surface area contributed by atoms with Crippen LogP contribution in [0.3, 0.4) is 0 Å². The van der Waals surface area contributed by atoms with E-state index >= 15 is 0 Å². The lowest BCUT2D eigenvalue weighted by atomic mass is 9.69. The van der Waals surface area contributed by atoms with Crippen molar-refractivity contribution in [2.24, 2.45) is 0 Å². The Balaban J connectivity index is 1.32. The van der Waals surface area contributed by atoms with Gasteiger partial charge in [0, 0.05) is 24.9 Å². The van der Waals surface area contributed by atoms with Gasteiger partial charge in [0.1, 0.15) is 18.2 Å². The molecule has 0 fully saturated rings. The molecular formula is C27H30N2O6. The van der Waals surface area contributed by atoms with Crippen LogP contribution < -0.4 is 14.8 Å². The molecule has 2 aromatic rings. The molecule has 1 aliphatic carbocycles. The number of carbonyl (C=O) groups is 2. The second-order valence-electron chi connectivity index (χ2n) is 9.53. The van der Waals surface area contributed by atoms with Crippen molar-refractivity contribution in [1.29, 1.82) is 0 Å². The number of amides is 1. The first kappa shape index (κ1) is 23.2. The number of aliphatic carboxylic acids is 1. The van der Waals surface area contributed by atoms with E-state index in [4.69, 9.17) is 14.2 Å². The smallest absolute Gasteiger partial charge is 0.408 e. The average Bonchev–Trinajstić information content (AvgIpc) is 3.10. The summed E-state index contributed by atoms with van der Waals surface area (Å²) in [6, 6.07) is 12.2. The molecule has 0 bridgehead atoms. The molecule has 0 saturated carbocycles. The molecule has 8 nitrogen and oxygen atoms in total. The summed E-state index contributed by atoms with van der Waals surface area (Å²) >= 11 is 0. The third kappa shape index (κ3) is 4.34. The normalized spacial score (nSPS) is 25.4. The summed E-state index contributed by atoms with van der Waals surface area (Å²) in [7, 11) is 3.75. The Bertz CT molecular complexity index is 1150. The number of ether oxygens (including phenoxy) is 3. The molecule has 184 valence electrons. The number of nitrogens with one attached hydrogen (secondary N) is 1. The molecule has 0 unspecified atom stereocenters. The molecule has 5 rings (SSSR count). The maximum atomic E-state index is 12.6. The van der Waals surface area contributed by atoms with Crippen LogP contribution in [0.1, 0.15) is 29.5 Å². The van der Waals surface area contributed by atoms with Crippen LogP contribution in [0.4, 0.5) is 4.79 Å². The number of rotatable bonds is 6. The van der Waals surface area contributed by atoms with E-state index < -0.39 is 24.2 Å². The summed E-state index contributed by atoms with van der Waals surface area (Å²) in [4.78, 5) is 26.7. The maximum absolute atomic E-state index is 12.6. The van der Waals surface area contributed by atoms with Crippen LogP contribution in [0, 0.1) is 0 Å². The third-order valence-electron chi connectivity index (χ3n) is 7.26. The first-order valence-corrected chi connectivity index (χ1v) is 11.9. The highest BCUT2D eigenvalue weighted by molar-refractivity contribution is 5.80. The summed E-state index contributed by atoms with van der Waals surface area (Å²) in [5.41, 5.74) is 2.89. The number of hydrogen-bond acceptors (Lipinski definition) is 6. The highest BCUT2D eigenvalue weighted by atomic mass is 16.6. The van der Waals surface area contributed by atoms with Crippen molar-refractivity contribution < 1.29 is 28.9 Å². The Kier molecular flexibility index (Phi) is 6.15. The minimum atomic E-state index is -1.11. The Morgan fingerprint density at radius 1 is 1.26 bits per heavy atom. The van der Waals surface area contributed by atoms with Gasteiger partial charge in [0.05, 0.1) is 12.5 Å². The van der Waals surface area contributed by atoms with Gasteiger partial charge in [-0.15, -0.1) is 0 Å². The van der Waals surface area contributed by atoms with E-state index in [0.29, 0.717) is 12.2 Å². The summed E-state index contributed by atoms with van der Waals surface area (Å²) < 4.78 is 17.7. The molecule has 1 amide bonds. The first-order valence-electron chi connectivity index (χ1n) is 11.9. The van der Waals surface area contributed by atoms with Gasteiger partial charge >= 0.3 is 12.1 Å². The molecule has 8 heteroatoms. The van der Waals surface area contributed by atoms with Gasteiger partial charge in [-0.3, -0.25) is 0 Å². The quantitative estimate of drug-likeness (QED) is 0.615. The summed E-state index contributed by atoms with van der Waals surface area (Å²) in [5, 5.41) is 12.1. The van der Waals surface area contributed by atoms with Crippen LogP contribution >= 0.6 is 0 Å². The number of carboxylic acid groups (broad SMARTS) is 1. The lowest BCUT2D eigenvalue weighted by Gasteiger charge is -2.36. The zero-order valence-electron chi connectivity index (χ0n) is 19.9. The van der Waals surface area contributed by atoms with Crippen LogP contribution in [0.25, 0.3) is 0 Å². The molecule has 0 radical (unpaired) electrons. The van der Waals surface area contributed by atoms with Crippen LogP contribution in [0.2, 0.25) is 0 Å². The van der Waals surface area contributed by atoms with Crippen LogP contribution in [-0.2, 0) is 27.9 Å². The van der Waals surface area contributed by atoms with Crippen molar-refractivity contribution in [1.82, 2.24) is 10.2 Å². The SMILES string of the molecule is COc1ccc2c3c1O[C@H]1C[C@@H](OC(=O)N[C@@H](Cc4ccccc4)C(=O)O)C=C[C@@]31CCN(C)C2. The van der Waals surface area contributed by atoms with Gasteiger partial charge in [-0.2, -0.15) is 0 Å². The van der Waals surface area contributed by atoms with E-state index in [2.05, 4.69) is 29.4 Å². The van der Waals surface area contributed by atoms with Gasteiger partial charge in [0.25, 0.3) is 0 Å². The summed E-state index contributed by atoms with van der Waals surface area (Å²) in [6.45, 7) is 1.74. The Morgan fingerprint density at radius 2 is 2.06 bits per heavy atom. The fraction of sp³-hybridized carbons (Fsp3) is 0.407.